The lowest BCUT2D eigenvalue weighted by Gasteiger charge is -2.21. The van der Waals surface area contributed by atoms with Gasteiger partial charge in [0, 0.05) is 30.7 Å². The van der Waals surface area contributed by atoms with E-state index < -0.39 is 17.6 Å². The predicted octanol–water partition coefficient (Wildman–Crippen LogP) is 4.34. The highest BCUT2D eigenvalue weighted by molar-refractivity contribution is 6.06. The molecule has 0 aliphatic carbocycles. The topological polar surface area (TPSA) is 128 Å². The van der Waals surface area contributed by atoms with E-state index in [1.165, 1.54) is 13.2 Å². The molecule has 1 aliphatic rings. The number of alkyl halides is 3. The molecular weight excluding hydrogens is 539 g/mol. The van der Waals surface area contributed by atoms with E-state index >= 15 is 0 Å². The maximum absolute atomic E-state index is 13.1. The van der Waals surface area contributed by atoms with Gasteiger partial charge < -0.3 is 20.7 Å². The molecule has 1 saturated heterocycles. The average Bonchev–Trinajstić information content (AvgIpc) is 3.58. The van der Waals surface area contributed by atoms with Gasteiger partial charge in [-0.05, 0) is 50.0 Å². The van der Waals surface area contributed by atoms with Gasteiger partial charge in [0.05, 0.1) is 24.3 Å². The Kier molecular flexibility index (Phi) is 7.23. The molecule has 5 rings (SSSR count). The fourth-order valence-corrected chi connectivity index (χ4v) is 4.87. The highest BCUT2D eigenvalue weighted by Gasteiger charge is 2.34. The Morgan fingerprint density at radius 3 is 2.71 bits per heavy atom. The number of imidazole rings is 1. The van der Waals surface area contributed by atoms with Crippen molar-refractivity contribution in [3.8, 4) is 28.8 Å². The maximum atomic E-state index is 13.1. The van der Waals surface area contributed by atoms with Crippen molar-refractivity contribution in [3.05, 3.63) is 65.9 Å². The fraction of sp³-hybridized carbons (Fsp3) is 0.250. The Hall–Kier alpha value is -5.12. The molecule has 13 heteroatoms. The van der Waals surface area contributed by atoms with Crippen molar-refractivity contribution >= 4 is 29.0 Å². The second-order valence-electron chi connectivity index (χ2n) is 9.18. The largest absolute Gasteiger partial charge is 0.496 e. The van der Waals surface area contributed by atoms with Crippen molar-refractivity contribution in [3.63, 3.8) is 0 Å². The molecule has 0 bridgehead atoms. The molecule has 4 heterocycles. The number of anilines is 2. The smallest absolute Gasteiger partial charge is 0.416 e. The number of carbonyl (C=O) groups is 2. The fourth-order valence-electron chi connectivity index (χ4n) is 4.87. The Morgan fingerprint density at radius 2 is 1.98 bits per heavy atom. The van der Waals surface area contributed by atoms with Crippen LogP contribution in [0, 0.1) is 11.8 Å². The van der Waals surface area contributed by atoms with Gasteiger partial charge in [0.15, 0.2) is 0 Å². The molecule has 0 unspecified atom stereocenters. The lowest BCUT2D eigenvalue weighted by Crippen LogP contribution is -2.30. The summed E-state index contributed by atoms with van der Waals surface area (Å²) in [6.07, 6.45) is 1.10. The summed E-state index contributed by atoms with van der Waals surface area (Å²) in [6, 6.07) is 5.89. The zero-order chi connectivity index (χ0) is 29.3. The van der Waals surface area contributed by atoms with Gasteiger partial charge >= 0.3 is 6.18 Å². The number of halogens is 3. The van der Waals surface area contributed by atoms with Crippen LogP contribution in [-0.2, 0) is 11.0 Å². The van der Waals surface area contributed by atoms with E-state index in [1.807, 2.05) is 0 Å². The normalized spacial score (nSPS) is 15.0. The zero-order valence-corrected chi connectivity index (χ0v) is 22.0. The van der Waals surface area contributed by atoms with Gasteiger partial charge in [0.1, 0.15) is 34.4 Å². The number of amides is 2. The molecular formula is C28H24F3N7O3. The lowest BCUT2D eigenvalue weighted by molar-refractivity contribution is -0.137. The van der Waals surface area contributed by atoms with E-state index in [4.69, 9.17) is 15.5 Å². The number of ether oxygens (including phenoxy) is 1. The second kappa shape index (κ2) is 10.8. The number of hydrogen-bond acceptors (Lipinski definition) is 7. The minimum Gasteiger partial charge on any atom is -0.496 e. The quantitative estimate of drug-likeness (QED) is 0.346. The van der Waals surface area contributed by atoms with Crippen LogP contribution in [0.3, 0.4) is 0 Å². The second-order valence-corrected chi connectivity index (χ2v) is 9.18. The summed E-state index contributed by atoms with van der Waals surface area (Å²) in [4.78, 5) is 40.2. The standard InChI is InChI=1S/C28H24F3N7O3/c1-3-5-22(39)37-12-4-6-19(37)26-36-23(24-25(32)34-11-13-38(24)26)16-7-8-18(20(14-16)41-2)27(40)35-21-15-17(9-10-33-21)28(29,30)31/h7-11,13-15,19H,4,6,12H2,1-2H3,(H2,32,34)(H,33,35,40)/t19-/m0/s1. The molecule has 4 aromatic rings. The summed E-state index contributed by atoms with van der Waals surface area (Å²) in [5.41, 5.74) is 6.90. The number of nitrogens with zero attached hydrogens (tertiary/aromatic N) is 5. The average molecular weight is 564 g/mol. The van der Waals surface area contributed by atoms with Crippen molar-refractivity contribution in [2.24, 2.45) is 0 Å². The molecule has 0 spiro atoms. The molecule has 210 valence electrons. The van der Waals surface area contributed by atoms with Gasteiger partial charge in [-0.15, -0.1) is 0 Å². The SMILES string of the molecule is CC#CC(=O)N1CCC[C@H]1c1nc(-c2ccc(C(=O)Nc3cc(C(F)(F)F)ccn3)c(OC)c2)c2c(N)nccn12. The third-order valence-electron chi connectivity index (χ3n) is 6.70. The predicted molar refractivity (Wildman–Crippen MR) is 144 cm³/mol. The van der Waals surface area contributed by atoms with Crippen molar-refractivity contribution in [1.29, 1.82) is 0 Å². The number of hydrogen-bond donors (Lipinski definition) is 2. The van der Waals surface area contributed by atoms with Gasteiger partial charge in [-0.1, -0.05) is 12.0 Å². The molecule has 2 amide bonds. The zero-order valence-electron chi connectivity index (χ0n) is 22.0. The molecule has 0 saturated carbocycles. The van der Waals surface area contributed by atoms with Crippen LogP contribution in [0.25, 0.3) is 16.8 Å². The highest BCUT2D eigenvalue weighted by Crippen LogP contribution is 2.38. The summed E-state index contributed by atoms with van der Waals surface area (Å²) in [5, 5.41) is 2.38. The van der Waals surface area contributed by atoms with Crippen molar-refractivity contribution < 1.29 is 27.5 Å². The minimum atomic E-state index is -4.59. The summed E-state index contributed by atoms with van der Waals surface area (Å²) < 4.78 is 46.5. The maximum Gasteiger partial charge on any atom is 0.416 e. The van der Waals surface area contributed by atoms with Crippen LogP contribution in [0.5, 0.6) is 5.75 Å². The first-order valence-corrected chi connectivity index (χ1v) is 12.5. The first-order chi connectivity index (χ1) is 19.6. The molecule has 1 atom stereocenters. The number of rotatable bonds is 5. The highest BCUT2D eigenvalue weighted by atomic mass is 19.4. The van der Waals surface area contributed by atoms with Crippen LogP contribution in [0.15, 0.2) is 48.9 Å². The van der Waals surface area contributed by atoms with E-state index in [-0.39, 0.29) is 34.9 Å². The van der Waals surface area contributed by atoms with Crippen LogP contribution in [0.2, 0.25) is 0 Å². The Balaban J connectivity index is 1.53. The third kappa shape index (κ3) is 5.23. The summed E-state index contributed by atoms with van der Waals surface area (Å²) in [7, 11) is 1.36. The number of pyridine rings is 1. The molecule has 1 fully saturated rings. The number of likely N-dealkylation sites (tertiary alicyclic amines) is 1. The molecule has 10 nitrogen and oxygen atoms in total. The van der Waals surface area contributed by atoms with E-state index in [1.54, 1.807) is 40.8 Å². The Labute approximate surface area is 232 Å². The number of nitrogen functional groups attached to an aromatic ring is 1. The number of aromatic nitrogens is 4. The molecule has 1 aliphatic heterocycles. The van der Waals surface area contributed by atoms with E-state index in [0.29, 0.717) is 35.6 Å². The molecule has 1 aromatic carbocycles. The van der Waals surface area contributed by atoms with Crippen LogP contribution in [0.4, 0.5) is 24.8 Å². The van der Waals surface area contributed by atoms with Gasteiger partial charge in [0.25, 0.3) is 11.8 Å². The number of fused-ring (bicyclic) bond motifs is 1. The van der Waals surface area contributed by atoms with Crippen molar-refractivity contribution in [2.75, 3.05) is 24.7 Å². The van der Waals surface area contributed by atoms with Gasteiger partial charge in [-0.2, -0.15) is 13.2 Å². The van der Waals surface area contributed by atoms with E-state index in [2.05, 4.69) is 27.1 Å². The van der Waals surface area contributed by atoms with E-state index in [0.717, 1.165) is 24.8 Å². The molecule has 3 N–H and O–H groups in total. The summed E-state index contributed by atoms with van der Waals surface area (Å²) in [5.74, 6) is 4.92. The molecule has 0 radical (unpaired) electrons. The Bertz CT molecular complexity index is 1720. The number of methoxy groups -OCH3 is 1. The first-order valence-electron chi connectivity index (χ1n) is 12.5. The number of nitrogens with one attached hydrogen (secondary N) is 1. The van der Waals surface area contributed by atoms with Gasteiger partial charge in [-0.3, -0.25) is 14.0 Å². The van der Waals surface area contributed by atoms with Crippen LogP contribution < -0.4 is 15.8 Å². The number of carbonyl (C=O) groups excluding carboxylic acids is 2. The van der Waals surface area contributed by atoms with E-state index in [9.17, 15) is 22.8 Å². The number of nitrogens with two attached hydrogens (primary N) is 1. The molecule has 3 aromatic heterocycles. The first kappa shape index (κ1) is 27.4. The Morgan fingerprint density at radius 1 is 1.17 bits per heavy atom. The summed E-state index contributed by atoms with van der Waals surface area (Å²) >= 11 is 0. The van der Waals surface area contributed by atoms with Crippen LogP contribution in [-0.4, -0.2) is 49.7 Å². The van der Waals surface area contributed by atoms with Crippen molar-refractivity contribution in [1.82, 2.24) is 24.3 Å². The monoisotopic (exact) mass is 563 g/mol. The summed E-state index contributed by atoms with van der Waals surface area (Å²) in [6.45, 7) is 2.15. The van der Waals surface area contributed by atoms with Gasteiger partial charge in [-0.25, -0.2) is 15.0 Å². The van der Waals surface area contributed by atoms with Crippen LogP contribution in [0.1, 0.15) is 47.6 Å². The minimum absolute atomic E-state index is 0.0657. The third-order valence-corrected chi connectivity index (χ3v) is 6.70. The van der Waals surface area contributed by atoms with Crippen molar-refractivity contribution in [2.45, 2.75) is 32.0 Å². The molecule has 41 heavy (non-hydrogen) atoms. The van der Waals surface area contributed by atoms with Crippen LogP contribution >= 0.6 is 0 Å². The lowest BCUT2D eigenvalue weighted by atomic mass is 10.1. The number of benzene rings is 1. The van der Waals surface area contributed by atoms with Gasteiger partial charge in [0.2, 0.25) is 0 Å².